The third-order valence-electron chi connectivity index (χ3n) is 3.49. The summed E-state index contributed by atoms with van der Waals surface area (Å²) in [5.41, 5.74) is 5.20. The lowest BCUT2D eigenvalue weighted by Gasteiger charge is -2.05. The molecule has 0 fully saturated rings. The molecule has 2 aromatic carbocycles. The number of aryl methyl sites for hydroxylation is 2. The second kappa shape index (κ2) is 6.16. The molecule has 20 heavy (non-hydrogen) atoms. The molecule has 0 amide bonds. The molecule has 0 saturated heterocycles. The maximum atomic E-state index is 4.15. The summed E-state index contributed by atoms with van der Waals surface area (Å²) in [6.07, 6.45) is 5.86. The maximum absolute atomic E-state index is 4.15. The summed E-state index contributed by atoms with van der Waals surface area (Å²) in [4.78, 5) is 4.15. The smallest absolute Gasteiger partial charge is 0.0299 e. The van der Waals surface area contributed by atoms with E-state index in [1.807, 2.05) is 24.5 Å². The number of rotatable bonds is 4. The quantitative estimate of drug-likeness (QED) is 0.670. The van der Waals surface area contributed by atoms with Gasteiger partial charge in [0, 0.05) is 12.4 Å². The molecular weight excluding hydrogens is 242 g/mol. The van der Waals surface area contributed by atoms with E-state index in [2.05, 4.69) is 59.6 Å². The summed E-state index contributed by atoms with van der Waals surface area (Å²) in [5.74, 6) is 0. The van der Waals surface area contributed by atoms with Gasteiger partial charge < -0.3 is 0 Å². The van der Waals surface area contributed by atoms with Gasteiger partial charge in [-0.25, -0.2) is 0 Å². The Morgan fingerprint density at radius 3 is 2.00 bits per heavy atom. The minimum atomic E-state index is 1.04. The fourth-order valence-corrected chi connectivity index (χ4v) is 2.33. The van der Waals surface area contributed by atoms with Gasteiger partial charge in [0.1, 0.15) is 0 Å². The monoisotopic (exact) mass is 259 g/mol. The highest BCUT2D eigenvalue weighted by Gasteiger charge is 1.98. The fourth-order valence-electron chi connectivity index (χ4n) is 2.33. The first-order valence-electron chi connectivity index (χ1n) is 6.95. The van der Waals surface area contributed by atoms with Gasteiger partial charge in [-0.05, 0) is 41.2 Å². The van der Waals surface area contributed by atoms with Crippen molar-refractivity contribution in [1.82, 2.24) is 4.98 Å². The summed E-state index contributed by atoms with van der Waals surface area (Å²) in [5, 5.41) is 0. The van der Waals surface area contributed by atoms with Gasteiger partial charge in [0.15, 0.2) is 0 Å². The van der Waals surface area contributed by atoms with Crippen molar-refractivity contribution in [2.45, 2.75) is 12.8 Å². The highest BCUT2D eigenvalue weighted by atomic mass is 14.6. The van der Waals surface area contributed by atoms with Gasteiger partial charge in [0.25, 0.3) is 0 Å². The maximum Gasteiger partial charge on any atom is 0.0299 e. The van der Waals surface area contributed by atoms with E-state index in [1.165, 1.54) is 22.3 Å². The average Bonchev–Trinajstić information content (AvgIpc) is 2.55. The van der Waals surface area contributed by atoms with Crippen molar-refractivity contribution in [2.24, 2.45) is 0 Å². The Bertz CT molecular complexity index is 642. The van der Waals surface area contributed by atoms with Crippen LogP contribution in [-0.2, 0) is 12.8 Å². The van der Waals surface area contributed by atoms with Gasteiger partial charge in [-0.2, -0.15) is 0 Å². The first-order chi connectivity index (χ1) is 9.92. The predicted octanol–water partition coefficient (Wildman–Crippen LogP) is 4.53. The van der Waals surface area contributed by atoms with Crippen molar-refractivity contribution in [3.05, 3.63) is 90.3 Å². The molecule has 0 radical (unpaired) electrons. The first-order valence-corrected chi connectivity index (χ1v) is 6.95. The van der Waals surface area contributed by atoms with Crippen LogP contribution in [0.4, 0.5) is 0 Å². The molecule has 0 N–H and O–H groups in total. The van der Waals surface area contributed by atoms with Crippen molar-refractivity contribution in [2.75, 3.05) is 0 Å². The number of nitrogens with zero attached hydrogens (tertiary/aromatic N) is 1. The van der Waals surface area contributed by atoms with Gasteiger partial charge in [0.05, 0.1) is 0 Å². The zero-order chi connectivity index (χ0) is 13.6. The molecular formula is C19H17N. The largest absolute Gasteiger partial charge is 0.264 e. The molecule has 3 aromatic rings. The molecule has 0 spiro atoms. The summed E-state index contributed by atoms with van der Waals surface area (Å²) in [7, 11) is 0. The molecule has 0 atom stereocenters. The van der Waals surface area contributed by atoms with E-state index in [4.69, 9.17) is 0 Å². The highest BCUT2D eigenvalue weighted by Crippen LogP contribution is 2.19. The van der Waals surface area contributed by atoms with Gasteiger partial charge in [-0.1, -0.05) is 60.7 Å². The molecule has 0 saturated carbocycles. The lowest BCUT2D eigenvalue weighted by Crippen LogP contribution is -1.91. The van der Waals surface area contributed by atoms with Crippen LogP contribution in [0.15, 0.2) is 79.1 Å². The summed E-state index contributed by atoms with van der Waals surface area (Å²) < 4.78 is 0. The molecule has 0 bridgehead atoms. The van der Waals surface area contributed by atoms with E-state index in [1.54, 1.807) is 0 Å². The third-order valence-corrected chi connectivity index (χ3v) is 3.49. The molecule has 0 aliphatic carbocycles. The van der Waals surface area contributed by atoms with Crippen LogP contribution in [0, 0.1) is 0 Å². The zero-order valence-corrected chi connectivity index (χ0v) is 11.4. The number of aromatic nitrogens is 1. The normalized spacial score (nSPS) is 10.4. The van der Waals surface area contributed by atoms with Crippen LogP contribution in [0.25, 0.3) is 11.1 Å². The summed E-state index contributed by atoms with van der Waals surface area (Å²) in [6, 6.07) is 23.5. The Kier molecular flexibility index (Phi) is 3.88. The molecule has 1 heteroatoms. The van der Waals surface area contributed by atoms with E-state index in [0.717, 1.165) is 12.8 Å². The lowest BCUT2D eigenvalue weighted by molar-refractivity contribution is 0.950. The Morgan fingerprint density at radius 1 is 0.600 bits per heavy atom. The van der Waals surface area contributed by atoms with Crippen LogP contribution < -0.4 is 0 Å². The van der Waals surface area contributed by atoms with Crippen molar-refractivity contribution >= 4 is 0 Å². The highest BCUT2D eigenvalue weighted by molar-refractivity contribution is 5.63. The number of pyridine rings is 1. The minimum Gasteiger partial charge on any atom is -0.264 e. The number of hydrogen-bond acceptors (Lipinski definition) is 1. The molecule has 0 aliphatic heterocycles. The average molecular weight is 259 g/mol. The minimum absolute atomic E-state index is 1.04. The van der Waals surface area contributed by atoms with Gasteiger partial charge in [-0.15, -0.1) is 0 Å². The molecule has 3 rings (SSSR count). The summed E-state index contributed by atoms with van der Waals surface area (Å²) in [6.45, 7) is 0. The van der Waals surface area contributed by atoms with Crippen LogP contribution >= 0.6 is 0 Å². The molecule has 98 valence electrons. The van der Waals surface area contributed by atoms with Crippen LogP contribution in [0.2, 0.25) is 0 Å². The van der Waals surface area contributed by atoms with E-state index >= 15 is 0 Å². The molecule has 0 aliphatic rings. The van der Waals surface area contributed by atoms with Crippen LogP contribution in [-0.4, -0.2) is 4.98 Å². The number of benzene rings is 2. The van der Waals surface area contributed by atoms with E-state index in [9.17, 15) is 0 Å². The fraction of sp³-hybridized carbons (Fsp3) is 0.105. The lowest BCUT2D eigenvalue weighted by atomic mass is 10.0. The predicted molar refractivity (Wildman–Crippen MR) is 83.5 cm³/mol. The van der Waals surface area contributed by atoms with Crippen LogP contribution in [0.3, 0.4) is 0 Å². The van der Waals surface area contributed by atoms with Gasteiger partial charge >= 0.3 is 0 Å². The van der Waals surface area contributed by atoms with E-state index in [-0.39, 0.29) is 0 Å². The molecule has 1 heterocycles. The molecule has 1 nitrogen and oxygen atoms in total. The Labute approximate surface area is 119 Å². The molecule has 0 unspecified atom stereocenters. The second-order valence-electron chi connectivity index (χ2n) is 4.92. The molecule has 1 aromatic heterocycles. The topological polar surface area (TPSA) is 12.9 Å². The summed E-state index contributed by atoms with van der Waals surface area (Å²) >= 11 is 0. The SMILES string of the molecule is c1ccc(-c2ccc(CCc3cccnc3)cc2)cc1. The van der Waals surface area contributed by atoms with Gasteiger partial charge in [0.2, 0.25) is 0 Å². The van der Waals surface area contributed by atoms with Crippen LogP contribution in [0.5, 0.6) is 0 Å². The van der Waals surface area contributed by atoms with Gasteiger partial charge in [-0.3, -0.25) is 4.98 Å². The van der Waals surface area contributed by atoms with Crippen molar-refractivity contribution < 1.29 is 0 Å². The zero-order valence-electron chi connectivity index (χ0n) is 11.4. The van der Waals surface area contributed by atoms with Crippen LogP contribution in [0.1, 0.15) is 11.1 Å². The Morgan fingerprint density at radius 2 is 1.30 bits per heavy atom. The van der Waals surface area contributed by atoms with Crippen molar-refractivity contribution in [3.63, 3.8) is 0 Å². The second-order valence-corrected chi connectivity index (χ2v) is 4.92. The Hall–Kier alpha value is -2.41. The Balaban J connectivity index is 1.68. The van der Waals surface area contributed by atoms with Crippen molar-refractivity contribution in [3.8, 4) is 11.1 Å². The first kappa shape index (κ1) is 12.6. The number of hydrogen-bond donors (Lipinski definition) is 0. The third kappa shape index (κ3) is 3.12. The van der Waals surface area contributed by atoms with E-state index in [0.29, 0.717) is 0 Å². The standard InChI is InChI=1S/C19H17N/c1-2-6-18(7-3-1)19-12-10-16(11-13-19)8-9-17-5-4-14-20-15-17/h1-7,10-15H,8-9H2. The van der Waals surface area contributed by atoms with Crippen molar-refractivity contribution in [1.29, 1.82) is 0 Å². The van der Waals surface area contributed by atoms with E-state index < -0.39 is 0 Å².